The van der Waals surface area contributed by atoms with E-state index in [1.165, 1.54) is 0 Å². The topological polar surface area (TPSA) is 73.7 Å². The van der Waals surface area contributed by atoms with Gasteiger partial charge in [-0.05, 0) is 73.9 Å². The van der Waals surface area contributed by atoms with E-state index in [4.69, 9.17) is 9.47 Å². The molecule has 3 heterocycles. The van der Waals surface area contributed by atoms with Crippen LogP contribution in [-0.2, 0) is 0 Å². The highest BCUT2D eigenvalue weighted by Gasteiger charge is 2.31. The maximum atomic E-state index is 13.5. The third kappa shape index (κ3) is 3.73. The first-order chi connectivity index (χ1) is 17.1. The highest BCUT2D eigenvalue weighted by atomic mass is 16.6. The molecule has 7 heteroatoms. The first kappa shape index (κ1) is 21.4. The van der Waals surface area contributed by atoms with Gasteiger partial charge in [0.1, 0.15) is 19.0 Å². The van der Waals surface area contributed by atoms with Crippen molar-refractivity contribution in [1.82, 2.24) is 14.5 Å². The second-order valence-electron chi connectivity index (χ2n) is 8.92. The fourth-order valence-corrected chi connectivity index (χ4v) is 5.09. The summed E-state index contributed by atoms with van der Waals surface area (Å²) >= 11 is 0. The summed E-state index contributed by atoms with van der Waals surface area (Å²) in [6.07, 6.45) is 1.85. The van der Waals surface area contributed by atoms with Crippen molar-refractivity contribution in [3.8, 4) is 17.2 Å². The Balaban J connectivity index is 1.28. The number of amides is 1. The van der Waals surface area contributed by atoms with Crippen molar-refractivity contribution in [1.29, 1.82) is 0 Å². The molecule has 0 unspecified atom stereocenters. The molecule has 3 aromatic carbocycles. The Bertz CT molecular complexity index is 1490. The number of fused-ring (bicyclic) bond motifs is 2. The van der Waals surface area contributed by atoms with Crippen LogP contribution in [0.4, 0.5) is 0 Å². The molecule has 35 heavy (non-hydrogen) atoms. The van der Waals surface area contributed by atoms with Crippen LogP contribution in [0.3, 0.4) is 0 Å². The van der Waals surface area contributed by atoms with Gasteiger partial charge in [0.2, 0.25) is 0 Å². The Morgan fingerprint density at radius 3 is 2.57 bits per heavy atom. The molecule has 1 amide bonds. The van der Waals surface area contributed by atoms with Gasteiger partial charge in [-0.3, -0.25) is 14.2 Å². The van der Waals surface area contributed by atoms with E-state index in [2.05, 4.69) is 4.98 Å². The van der Waals surface area contributed by atoms with Crippen molar-refractivity contribution in [3.63, 3.8) is 0 Å². The van der Waals surface area contributed by atoms with Crippen LogP contribution >= 0.6 is 0 Å². The Hall–Kier alpha value is -4.13. The van der Waals surface area contributed by atoms with Crippen LogP contribution in [0.1, 0.15) is 40.6 Å². The lowest BCUT2D eigenvalue weighted by Gasteiger charge is -2.27. The Kier molecular flexibility index (Phi) is 5.25. The van der Waals surface area contributed by atoms with Gasteiger partial charge in [-0.1, -0.05) is 18.2 Å². The molecule has 0 radical (unpaired) electrons. The van der Waals surface area contributed by atoms with E-state index in [-0.39, 0.29) is 17.5 Å². The molecule has 1 saturated heterocycles. The first-order valence-electron chi connectivity index (χ1n) is 11.9. The zero-order valence-electron chi connectivity index (χ0n) is 19.4. The number of benzene rings is 3. The van der Waals surface area contributed by atoms with Gasteiger partial charge in [0, 0.05) is 12.1 Å². The number of carbonyl (C=O) groups excluding carboxylic acids is 1. The molecule has 0 aliphatic carbocycles. The fraction of sp³-hybridized carbons (Fsp3) is 0.250. The van der Waals surface area contributed by atoms with Crippen LogP contribution in [0.15, 0.2) is 71.5 Å². The monoisotopic (exact) mass is 467 g/mol. The highest BCUT2D eigenvalue weighted by Crippen LogP contribution is 2.38. The summed E-state index contributed by atoms with van der Waals surface area (Å²) in [6, 6.07) is 20.5. The number of aromatic nitrogens is 2. The molecule has 1 fully saturated rings. The zero-order chi connectivity index (χ0) is 23.9. The average molecular weight is 468 g/mol. The molecule has 0 spiro atoms. The lowest BCUT2D eigenvalue weighted by atomic mass is 10.0. The van der Waals surface area contributed by atoms with Crippen LogP contribution in [-0.4, -0.2) is 40.1 Å². The summed E-state index contributed by atoms with van der Waals surface area (Å²) < 4.78 is 13.0. The van der Waals surface area contributed by atoms with Crippen molar-refractivity contribution < 1.29 is 14.3 Å². The molecular formula is C28H25N3O4. The van der Waals surface area contributed by atoms with Gasteiger partial charge < -0.3 is 14.4 Å². The summed E-state index contributed by atoms with van der Waals surface area (Å²) in [7, 11) is 0. The van der Waals surface area contributed by atoms with Crippen LogP contribution in [0.2, 0.25) is 0 Å². The summed E-state index contributed by atoms with van der Waals surface area (Å²) in [5.41, 5.74) is 2.90. The maximum absolute atomic E-state index is 13.5. The molecular weight excluding hydrogens is 442 g/mol. The maximum Gasteiger partial charge on any atom is 0.265 e. The van der Waals surface area contributed by atoms with Crippen LogP contribution < -0.4 is 15.0 Å². The van der Waals surface area contributed by atoms with Crippen LogP contribution in [0.5, 0.6) is 11.5 Å². The van der Waals surface area contributed by atoms with E-state index in [1.807, 2.05) is 60.4 Å². The van der Waals surface area contributed by atoms with Gasteiger partial charge in [-0.2, -0.15) is 0 Å². The molecule has 2 aliphatic heterocycles. The second kappa shape index (κ2) is 8.58. The van der Waals surface area contributed by atoms with E-state index in [9.17, 15) is 9.59 Å². The number of likely N-dealkylation sites (tertiary alicyclic amines) is 1. The Morgan fingerprint density at radius 1 is 0.971 bits per heavy atom. The highest BCUT2D eigenvalue weighted by molar-refractivity contribution is 5.95. The van der Waals surface area contributed by atoms with Gasteiger partial charge >= 0.3 is 0 Å². The zero-order valence-corrected chi connectivity index (χ0v) is 19.4. The molecule has 1 atom stereocenters. The number of hydrogen-bond acceptors (Lipinski definition) is 5. The predicted octanol–water partition coefficient (Wildman–Crippen LogP) is 4.44. The third-order valence-electron chi connectivity index (χ3n) is 6.78. The standard InChI is InChI=1S/C28H25N3O4/c1-18-29-23-6-3-2-5-22(23)28(33)31(18)21-11-8-19(9-12-21)27(32)30-14-4-7-24(30)20-10-13-25-26(17-20)35-16-15-34-25/h2-3,5-6,8-13,17,24H,4,7,14-16H2,1H3/t24-/m0/s1. The predicted molar refractivity (Wildman–Crippen MR) is 133 cm³/mol. The number of ether oxygens (including phenoxy) is 2. The average Bonchev–Trinajstić information content (AvgIpc) is 3.38. The van der Waals surface area contributed by atoms with Crippen LogP contribution in [0.25, 0.3) is 16.6 Å². The molecule has 0 bridgehead atoms. The van der Waals surface area contributed by atoms with E-state index in [1.54, 1.807) is 22.8 Å². The van der Waals surface area contributed by atoms with Gasteiger partial charge in [0.25, 0.3) is 11.5 Å². The largest absolute Gasteiger partial charge is 0.486 e. The van der Waals surface area contributed by atoms with Gasteiger partial charge in [0.15, 0.2) is 11.5 Å². The summed E-state index contributed by atoms with van der Waals surface area (Å²) in [4.78, 5) is 33.1. The molecule has 176 valence electrons. The number of hydrogen-bond donors (Lipinski definition) is 0. The molecule has 4 aromatic rings. The third-order valence-corrected chi connectivity index (χ3v) is 6.78. The first-order valence-corrected chi connectivity index (χ1v) is 11.9. The van der Waals surface area contributed by atoms with Gasteiger partial charge in [-0.15, -0.1) is 0 Å². The Morgan fingerprint density at radius 2 is 1.74 bits per heavy atom. The molecule has 0 N–H and O–H groups in total. The number of nitrogens with zero attached hydrogens (tertiary/aromatic N) is 3. The molecule has 7 nitrogen and oxygen atoms in total. The van der Waals surface area contributed by atoms with Crippen molar-refractivity contribution in [2.45, 2.75) is 25.8 Å². The SMILES string of the molecule is Cc1nc2ccccc2c(=O)n1-c1ccc(C(=O)N2CCC[C@H]2c2ccc3c(c2)OCCO3)cc1. The summed E-state index contributed by atoms with van der Waals surface area (Å²) in [6.45, 7) is 3.60. The Labute approximate surface area is 202 Å². The lowest BCUT2D eigenvalue weighted by Crippen LogP contribution is -2.30. The fourth-order valence-electron chi connectivity index (χ4n) is 5.09. The minimum atomic E-state index is -0.120. The summed E-state index contributed by atoms with van der Waals surface area (Å²) in [5, 5.41) is 0.567. The quantitative estimate of drug-likeness (QED) is 0.445. The van der Waals surface area contributed by atoms with Crippen molar-refractivity contribution in [2.75, 3.05) is 19.8 Å². The van der Waals surface area contributed by atoms with Crippen molar-refractivity contribution >= 4 is 16.8 Å². The molecule has 1 aromatic heterocycles. The minimum absolute atomic E-state index is 0.00689. The number of para-hydroxylation sites is 1. The smallest absolute Gasteiger partial charge is 0.265 e. The van der Waals surface area contributed by atoms with E-state index < -0.39 is 0 Å². The second-order valence-corrected chi connectivity index (χ2v) is 8.92. The molecule has 0 saturated carbocycles. The van der Waals surface area contributed by atoms with Crippen LogP contribution in [0, 0.1) is 6.92 Å². The lowest BCUT2D eigenvalue weighted by molar-refractivity contribution is 0.0735. The summed E-state index contributed by atoms with van der Waals surface area (Å²) in [5.74, 6) is 2.07. The van der Waals surface area contributed by atoms with Gasteiger partial charge in [-0.25, -0.2) is 4.98 Å². The number of carbonyl (C=O) groups is 1. The van der Waals surface area contributed by atoms with Gasteiger partial charge in [0.05, 0.1) is 22.6 Å². The van der Waals surface area contributed by atoms with E-state index >= 15 is 0 Å². The molecule has 6 rings (SSSR count). The minimum Gasteiger partial charge on any atom is -0.486 e. The van der Waals surface area contributed by atoms with Crippen molar-refractivity contribution in [3.05, 3.63) is 94.0 Å². The number of rotatable bonds is 3. The number of aryl methyl sites for hydroxylation is 1. The van der Waals surface area contributed by atoms with Crippen molar-refractivity contribution in [2.24, 2.45) is 0 Å². The van der Waals surface area contributed by atoms with E-state index in [0.717, 1.165) is 29.9 Å². The molecule has 2 aliphatic rings. The normalized spacial score (nSPS) is 17.1. The van der Waals surface area contributed by atoms with E-state index in [0.29, 0.717) is 47.7 Å².